The van der Waals surface area contributed by atoms with Gasteiger partial charge in [0.2, 0.25) is 11.8 Å². The van der Waals surface area contributed by atoms with E-state index in [1.165, 1.54) is 0 Å². The van der Waals surface area contributed by atoms with Gasteiger partial charge in [-0.25, -0.2) is 0 Å². The van der Waals surface area contributed by atoms with Crippen molar-refractivity contribution in [3.05, 3.63) is 65.2 Å². The van der Waals surface area contributed by atoms with Gasteiger partial charge in [-0.15, -0.1) is 0 Å². The molecule has 0 aromatic heterocycles. The number of hydrogen-bond acceptors (Lipinski definition) is 3. The van der Waals surface area contributed by atoms with Crippen LogP contribution < -0.4 is 10.2 Å². The van der Waals surface area contributed by atoms with Crippen LogP contribution in [0.4, 0.5) is 5.69 Å². The molecule has 1 heterocycles. The molecule has 1 atom stereocenters. The Kier molecular flexibility index (Phi) is 5.26. The minimum Gasteiger partial charge on any atom is -0.378 e. The first-order valence-electron chi connectivity index (χ1n) is 8.92. The summed E-state index contributed by atoms with van der Waals surface area (Å²) < 4.78 is 0. The second-order valence-corrected chi connectivity index (χ2v) is 6.74. The van der Waals surface area contributed by atoms with Gasteiger partial charge in [0.15, 0.2) is 0 Å². The fourth-order valence-electron chi connectivity index (χ4n) is 3.38. The van der Waals surface area contributed by atoms with Crippen molar-refractivity contribution < 1.29 is 9.59 Å². The van der Waals surface area contributed by atoms with Crippen molar-refractivity contribution in [1.82, 2.24) is 10.2 Å². The number of anilines is 1. The zero-order valence-corrected chi connectivity index (χ0v) is 15.5. The highest BCUT2D eigenvalue weighted by molar-refractivity contribution is 5.92. The number of rotatable bonds is 5. The number of amides is 2. The fourth-order valence-corrected chi connectivity index (χ4v) is 3.38. The first-order chi connectivity index (χ1) is 12.5. The lowest BCUT2D eigenvalue weighted by molar-refractivity contribution is -0.141. The van der Waals surface area contributed by atoms with Gasteiger partial charge in [-0.05, 0) is 35.7 Å². The summed E-state index contributed by atoms with van der Waals surface area (Å²) in [6, 6.07) is 15.2. The molecule has 26 heavy (non-hydrogen) atoms. The highest BCUT2D eigenvalue weighted by Crippen LogP contribution is 2.30. The van der Waals surface area contributed by atoms with Crippen LogP contribution in [-0.2, 0) is 22.6 Å². The molecule has 2 aromatic rings. The smallest absolute Gasteiger partial charge is 0.247 e. The normalized spacial score (nSPS) is 16.2. The highest BCUT2D eigenvalue weighted by Gasteiger charge is 2.35. The van der Waals surface area contributed by atoms with Crippen LogP contribution in [0.15, 0.2) is 48.5 Å². The summed E-state index contributed by atoms with van der Waals surface area (Å²) in [7, 11) is 3.99. The lowest BCUT2D eigenvalue weighted by Crippen LogP contribution is -2.47. The number of carbonyl (C=O) groups excluding carboxylic acids is 2. The number of likely N-dealkylation sites (N-methyl/N-ethyl adjacent to an activating group) is 1. The molecule has 5 nitrogen and oxygen atoms in total. The standard InChI is InChI=1S/C21H25N3O2/c1-4-24-19(25)13-16-7-5-6-8-18(16)20(24)21(26)22-14-15-9-11-17(12-10-15)23(2)3/h5-12,20H,4,13-14H2,1-3H3,(H,22,26)/t20-/m1/s1. The van der Waals surface area contributed by atoms with Gasteiger partial charge in [-0.1, -0.05) is 36.4 Å². The minimum atomic E-state index is -0.557. The molecule has 1 aliphatic rings. The summed E-state index contributed by atoms with van der Waals surface area (Å²) in [6.45, 7) is 2.87. The monoisotopic (exact) mass is 351 g/mol. The van der Waals surface area contributed by atoms with Crippen LogP contribution in [0.1, 0.15) is 29.7 Å². The zero-order chi connectivity index (χ0) is 18.7. The van der Waals surface area contributed by atoms with Crippen molar-refractivity contribution in [2.75, 3.05) is 25.5 Å². The van der Waals surface area contributed by atoms with E-state index in [1.807, 2.05) is 74.4 Å². The van der Waals surface area contributed by atoms with Crippen molar-refractivity contribution in [3.8, 4) is 0 Å². The van der Waals surface area contributed by atoms with Crippen molar-refractivity contribution in [3.63, 3.8) is 0 Å². The summed E-state index contributed by atoms with van der Waals surface area (Å²) in [5, 5.41) is 3.00. The molecule has 5 heteroatoms. The summed E-state index contributed by atoms with van der Waals surface area (Å²) in [6.07, 6.45) is 0.361. The van der Waals surface area contributed by atoms with Crippen molar-refractivity contribution in [1.29, 1.82) is 0 Å². The maximum absolute atomic E-state index is 12.9. The summed E-state index contributed by atoms with van der Waals surface area (Å²) in [5.74, 6) is -0.134. The number of hydrogen-bond donors (Lipinski definition) is 1. The molecule has 136 valence electrons. The Morgan fingerprint density at radius 3 is 2.50 bits per heavy atom. The molecule has 0 spiro atoms. The molecule has 0 aliphatic carbocycles. The predicted octanol–water partition coefficient (Wildman–Crippen LogP) is 2.51. The van der Waals surface area contributed by atoms with Crippen LogP contribution in [0.5, 0.6) is 0 Å². The summed E-state index contributed by atoms with van der Waals surface area (Å²) >= 11 is 0. The zero-order valence-electron chi connectivity index (χ0n) is 15.5. The Morgan fingerprint density at radius 2 is 1.85 bits per heavy atom. The average Bonchev–Trinajstić information content (AvgIpc) is 2.65. The van der Waals surface area contributed by atoms with E-state index in [2.05, 4.69) is 5.32 Å². The highest BCUT2D eigenvalue weighted by atomic mass is 16.2. The molecular weight excluding hydrogens is 326 g/mol. The van der Waals surface area contributed by atoms with E-state index in [9.17, 15) is 9.59 Å². The number of nitrogens with zero attached hydrogens (tertiary/aromatic N) is 2. The Labute approximate surface area is 154 Å². The van der Waals surface area contributed by atoms with Crippen LogP contribution in [0.3, 0.4) is 0 Å². The Morgan fingerprint density at radius 1 is 1.15 bits per heavy atom. The lowest BCUT2D eigenvalue weighted by Gasteiger charge is -2.35. The van der Waals surface area contributed by atoms with Gasteiger partial charge in [0.25, 0.3) is 0 Å². The first kappa shape index (κ1) is 18.0. The summed E-state index contributed by atoms with van der Waals surface area (Å²) in [5.41, 5.74) is 4.01. The van der Waals surface area contributed by atoms with Gasteiger partial charge in [0.1, 0.15) is 6.04 Å². The third-order valence-electron chi connectivity index (χ3n) is 4.83. The van der Waals surface area contributed by atoms with Gasteiger partial charge >= 0.3 is 0 Å². The third-order valence-corrected chi connectivity index (χ3v) is 4.83. The Balaban J connectivity index is 1.76. The topological polar surface area (TPSA) is 52.7 Å². The molecule has 0 radical (unpaired) electrons. The van der Waals surface area contributed by atoms with E-state index in [-0.39, 0.29) is 11.8 Å². The SMILES string of the molecule is CCN1C(=O)Cc2ccccc2[C@@H]1C(=O)NCc1ccc(N(C)C)cc1. The Bertz CT molecular complexity index is 799. The minimum absolute atomic E-state index is 0.00156. The predicted molar refractivity (Wildman–Crippen MR) is 103 cm³/mol. The lowest BCUT2D eigenvalue weighted by atomic mass is 9.91. The van der Waals surface area contributed by atoms with Gasteiger partial charge in [-0.3, -0.25) is 9.59 Å². The molecule has 3 rings (SSSR count). The van der Waals surface area contributed by atoms with Gasteiger partial charge in [-0.2, -0.15) is 0 Å². The molecule has 1 N–H and O–H groups in total. The van der Waals surface area contributed by atoms with Crippen LogP contribution in [0, 0.1) is 0 Å². The second-order valence-electron chi connectivity index (χ2n) is 6.74. The van der Waals surface area contributed by atoms with E-state index >= 15 is 0 Å². The van der Waals surface area contributed by atoms with E-state index in [4.69, 9.17) is 0 Å². The van der Waals surface area contributed by atoms with E-state index in [1.54, 1.807) is 4.90 Å². The maximum Gasteiger partial charge on any atom is 0.247 e. The molecule has 1 aliphatic heterocycles. The van der Waals surface area contributed by atoms with E-state index < -0.39 is 6.04 Å². The van der Waals surface area contributed by atoms with E-state index in [0.29, 0.717) is 19.5 Å². The molecule has 0 saturated carbocycles. The van der Waals surface area contributed by atoms with Crippen molar-refractivity contribution in [2.24, 2.45) is 0 Å². The fraction of sp³-hybridized carbons (Fsp3) is 0.333. The molecule has 0 unspecified atom stereocenters. The van der Waals surface area contributed by atoms with Crippen molar-refractivity contribution >= 4 is 17.5 Å². The van der Waals surface area contributed by atoms with Crippen LogP contribution in [-0.4, -0.2) is 37.4 Å². The second kappa shape index (κ2) is 7.60. The molecule has 0 bridgehead atoms. The van der Waals surface area contributed by atoms with E-state index in [0.717, 1.165) is 22.4 Å². The van der Waals surface area contributed by atoms with Gasteiger partial charge < -0.3 is 15.1 Å². The molecule has 2 amide bonds. The number of benzene rings is 2. The molecule has 0 fully saturated rings. The van der Waals surface area contributed by atoms with Gasteiger partial charge in [0, 0.05) is 32.9 Å². The average molecular weight is 351 g/mol. The maximum atomic E-state index is 12.9. The van der Waals surface area contributed by atoms with Crippen molar-refractivity contribution in [2.45, 2.75) is 25.9 Å². The van der Waals surface area contributed by atoms with Crippen LogP contribution in [0.25, 0.3) is 0 Å². The van der Waals surface area contributed by atoms with Crippen LogP contribution in [0.2, 0.25) is 0 Å². The molecule has 2 aromatic carbocycles. The number of nitrogens with one attached hydrogen (secondary N) is 1. The number of fused-ring (bicyclic) bond motifs is 1. The molecule has 0 saturated heterocycles. The third kappa shape index (κ3) is 3.57. The number of carbonyl (C=O) groups is 2. The molecular formula is C21H25N3O2. The van der Waals surface area contributed by atoms with Gasteiger partial charge in [0.05, 0.1) is 6.42 Å². The quantitative estimate of drug-likeness (QED) is 0.901. The Hall–Kier alpha value is -2.82. The first-order valence-corrected chi connectivity index (χ1v) is 8.92. The van der Waals surface area contributed by atoms with Crippen LogP contribution >= 0.6 is 0 Å². The largest absolute Gasteiger partial charge is 0.378 e. The summed E-state index contributed by atoms with van der Waals surface area (Å²) in [4.78, 5) is 29.0.